The van der Waals surface area contributed by atoms with Gasteiger partial charge in [-0.05, 0) is 25.8 Å². The Balaban J connectivity index is -0.0000000524. The summed E-state index contributed by atoms with van der Waals surface area (Å²) in [4.78, 5) is 0. The number of allylic oxidation sites excluding steroid dienone is 3. The molecule has 0 rings (SSSR count). The SMILES string of the molecule is C=C(CC)/C(C)=C(\C)F.CC.CC.CC.CCC. The Bertz CT molecular complexity index is 151. The Hall–Kier alpha value is -0.590. The first-order valence-electron chi connectivity index (χ1n) is 7.52. The fourth-order valence-corrected chi connectivity index (χ4v) is 0.509. The molecule has 0 spiro atoms. The molecule has 0 aliphatic heterocycles. The van der Waals surface area contributed by atoms with Crippen molar-refractivity contribution in [2.24, 2.45) is 0 Å². The van der Waals surface area contributed by atoms with Crippen LogP contribution in [0.1, 0.15) is 89.0 Å². The van der Waals surface area contributed by atoms with Crippen LogP contribution in [-0.4, -0.2) is 0 Å². The van der Waals surface area contributed by atoms with Gasteiger partial charge in [-0.1, -0.05) is 80.9 Å². The molecular weight excluding hydrogens is 223 g/mol. The molecule has 0 aliphatic carbocycles. The molecule has 1 heteroatoms. The summed E-state index contributed by atoms with van der Waals surface area (Å²) in [7, 11) is 0. The third kappa shape index (κ3) is 36.1. The zero-order valence-electron chi connectivity index (χ0n) is 15.0. The van der Waals surface area contributed by atoms with Crippen LogP contribution in [0.3, 0.4) is 0 Å². The summed E-state index contributed by atoms with van der Waals surface area (Å²) in [5.41, 5.74) is 1.58. The molecule has 0 N–H and O–H groups in total. The lowest BCUT2D eigenvalue weighted by atomic mass is 10.1. The summed E-state index contributed by atoms with van der Waals surface area (Å²) in [5.74, 6) is -0.123. The number of hydrogen-bond donors (Lipinski definition) is 0. The van der Waals surface area contributed by atoms with Crippen LogP contribution in [0.2, 0.25) is 0 Å². The van der Waals surface area contributed by atoms with Crippen molar-refractivity contribution in [3.63, 3.8) is 0 Å². The molecule has 0 heterocycles. The standard InChI is InChI=1S/C8H13F.C3H8.3C2H6/c1-5-6(2)7(3)8(4)9;1-3-2;3*1-2/h2,5H2,1,3-4H3;3H2,1-2H3;3*1-2H3/b8-7+;;;;. The van der Waals surface area contributed by atoms with Gasteiger partial charge in [-0.15, -0.1) is 0 Å². The topological polar surface area (TPSA) is 0 Å². The van der Waals surface area contributed by atoms with Crippen LogP contribution in [-0.2, 0) is 0 Å². The summed E-state index contributed by atoms with van der Waals surface area (Å²) >= 11 is 0. The second kappa shape index (κ2) is 36.0. The van der Waals surface area contributed by atoms with Gasteiger partial charge in [-0.3, -0.25) is 0 Å². The average Bonchev–Trinajstić information content (AvgIpc) is 2.44. The highest BCUT2D eigenvalue weighted by Crippen LogP contribution is 2.15. The van der Waals surface area contributed by atoms with E-state index in [4.69, 9.17) is 0 Å². The first-order valence-corrected chi connectivity index (χ1v) is 7.52. The van der Waals surface area contributed by atoms with Gasteiger partial charge in [0.05, 0.1) is 5.83 Å². The van der Waals surface area contributed by atoms with Crippen LogP contribution in [0.5, 0.6) is 0 Å². The lowest BCUT2D eigenvalue weighted by Crippen LogP contribution is -1.82. The molecule has 0 saturated carbocycles. The fourth-order valence-electron chi connectivity index (χ4n) is 0.509. The van der Waals surface area contributed by atoms with Crippen molar-refractivity contribution in [2.45, 2.75) is 89.0 Å². The van der Waals surface area contributed by atoms with E-state index in [0.717, 1.165) is 12.0 Å². The highest BCUT2D eigenvalue weighted by Gasteiger charge is 1.96. The monoisotopic (exact) mass is 262 g/mol. The minimum atomic E-state index is -0.123. The van der Waals surface area contributed by atoms with Gasteiger partial charge in [0.2, 0.25) is 0 Å². The van der Waals surface area contributed by atoms with Crippen LogP contribution in [0.15, 0.2) is 23.6 Å². The molecule has 0 nitrogen and oxygen atoms in total. The van der Waals surface area contributed by atoms with Gasteiger partial charge < -0.3 is 0 Å². The summed E-state index contributed by atoms with van der Waals surface area (Å²) < 4.78 is 12.4. The molecule has 0 unspecified atom stereocenters. The summed E-state index contributed by atoms with van der Waals surface area (Å²) in [6.45, 7) is 25.1. The minimum absolute atomic E-state index is 0.123. The van der Waals surface area contributed by atoms with Gasteiger partial charge in [-0.2, -0.15) is 0 Å². The molecule has 0 aromatic rings. The predicted molar refractivity (Wildman–Crippen MR) is 88.9 cm³/mol. The Kier molecular flexibility index (Phi) is 60.8. The van der Waals surface area contributed by atoms with Gasteiger partial charge in [0.25, 0.3) is 0 Å². The van der Waals surface area contributed by atoms with Gasteiger partial charge >= 0.3 is 0 Å². The van der Waals surface area contributed by atoms with Crippen LogP contribution >= 0.6 is 0 Å². The van der Waals surface area contributed by atoms with E-state index in [1.165, 1.54) is 13.3 Å². The zero-order chi connectivity index (χ0) is 16.1. The first-order chi connectivity index (χ1) is 8.51. The lowest BCUT2D eigenvalue weighted by molar-refractivity contribution is 0.628. The molecular formula is C17H39F. The van der Waals surface area contributed by atoms with Crippen molar-refractivity contribution in [1.82, 2.24) is 0 Å². The van der Waals surface area contributed by atoms with E-state index in [1.807, 2.05) is 48.5 Å². The number of rotatable bonds is 2. The number of hydrogen-bond acceptors (Lipinski definition) is 0. The highest BCUT2D eigenvalue weighted by atomic mass is 19.1. The molecule has 0 saturated heterocycles. The van der Waals surface area contributed by atoms with Crippen molar-refractivity contribution in [1.29, 1.82) is 0 Å². The van der Waals surface area contributed by atoms with Gasteiger partial charge in [0.1, 0.15) is 0 Å². The van der Waals surface area contributed by atoms with Crippen LogP contribution < -0.4 is 0 Å². The number of halogens is 1. The van der Waals surface area contributed by atoms with E-state index in [0.29, 0.717) is 5.57 Å². The van der Waals surface area contributed by atoms with E-state index in [9.17, 15) is 4.39 Å². The molecule has 0 bridgehead atoms. The first kappa shape index (κ1) is 30.4. The molecule has 0 atom stereocenters. The second-order valence-electron chi connectivity index (χ2n) is 2.82. The van der Waals surface area contributed by atoms with Crippen molar-refractivity contribution in [3.8, 4) is 0 Å². The Morgan fingerprint density at radius 1 is 0.833 bits per heavy atom. The van der Waals surface area contributed by atoms with Gasteiger partial charge in [0.15, 0.2) is 0 Å². The molecule has 0 amide bonds. The van der Waals surface area contributed by atoms with Crippen molar-refractivity contribution in [3.05, 3.63) is 23.6 Å². The smallest absolute Gasteiger partial charge is 0.1000 e. The van der Waals surface area contributed by atoms with Crippen LogP contribution in [0, 0.1) is 0 Å². The van der Waals surface area contributed by atoms with E-state index >= 15 is 0 Å². The molecule has 0 aromatic carbocycles. The van der Waals surface area contributed by atoms with Gasteiger partial charge in [-0.25, -0.2) is 4.39 Å². The molecule has 0 radical (unpaired) electrons. The van der Waals surface area contributed by atoms with Gasteiger partial charge in [0, 0.05) is 0 Å². The molecule has 114 valence electrons. The predicted octanol–water partition coefficient (Wildman–Crippen LogP) is 7.71. The maximum absolute atomic E-state index is 12.4. The quantitative estimate of drug-likeness (QED) is 0.447. The Morgan fingerprint density at radius 3 is 1.11 bits per heavy atom. The maximum Gasteiger partial charge on any atom is 0.1000 e. The molecule has 0 aromatic heterocycles. The van der Waals surface area contributed by atoms with E-state index in [-0.39, 0.29) is 5.83 Å². The summed E-state index contributed by atoms with van der Waals surface area (Å²) in [5, 5.41) is 0. The lowest BCUT2D eigenvalue weighted by Gasteiger charge is -2.00. The maximum atomic E-state index is 12.4. The molecule has 0 fully saturated rings. The van der Waals surface area contributed by atoms with E-state index < -0.39 is 0 Å². The largest absolute Gasteiger partial charge is 0.212 e. The summed E-state index contributed by atoms with van der Waals surface area (Å²) in [6.07, 6.45) is 2.08. The summed E-state index contributed by atoms with van der Waals surface area (Å²) in [6, 6.07) is 0. The Labute approximate surface area is 117 Å². The fraction of sp³-hybridized carbons (Fsp3) is 0.765. The van der Waals surface area contributed by atoms with Crippen LogP contribution in [0.4, 0.5) is 4.39 Å². The molecule has 0 aliphatic rings. The third-order valence-electron chi connectivity index (χ3n) is 1.47. The highest BCUT2D eigenvalue weighted by molar-refractivity contribution is 5.27. The van der Waals surface area contributed by atoms with Crippen molar-refractivity contribution in [2.75, 3.05) is 0 Å². The van der Waals surface area contributed by atoms with E-state index in [2.05, 4.69) is 20.4 Å². The molecule has 18 heavy (non-hydrogen) atoms. The minimum Gasteiger partial charge on any atom is -0.212 e. The van der Waals surface area contributed by atoms with Crippen molar-refractivity contribution >= 4 is 0 Å². The van der Waals surface area contributed by atoms with Crippen molar-refractivity contribution < 1.29 is 4.39 Å². The normalized spacial score (nSPS) is 8.44. The van der Waals surface area contributed by atoms with E-state index in [1.54, 1.807) is 6.92 Å². The third-order valence-corrected chi connectivity index (χ3v) is 1.47. The second-order valence-corrected chi connectivity index (χ2v) is 2.82. The zero-order valence-corrected chi connectivity index (χ0v) is 15.0. The average molecular weight is 262 g/mol. The Morgan fingerprint density at radius 2 is 1.06 bits per heavy atom. The van der Waals surface area contributed by atoms with Crippen LogP contribution in [0.25, 0.3) is 0 Å².